The van der Waals surface area contributed by atoms with E-state index >= 15 is 0 Å². The van der Waals surface area contributed by atoms with E-state index in [1.165, 1.54) is 0 Å². The molecule has 0 aliphatic heterocycles. The number of aromatic amines is 2. The molecule has 2 aromatic heterocycles. The van der Waals surface area contributed by atoms with Crippen LogP contribution in [0.4, 0.5) is 0 Å². The monoisotopic (exact) mass is 392 g/mol. The summed E-state index contributed by atoms with van der Waals surface area (Å²) in [5.74, 6) is -2.22. The molecule has 7 heteroatoms. The maximum atomic E-state index is 12.3. The molecule has 7 nitrogen and oxygen atoms in total. The highest BCUT2D eigenvalue weighted by atomic mass is 16.6. The second-order valence-electron chi connectivity index (χ2n) is 6.93. The minimum atomic E-state index is -1.46. The van der Waals surface area contributed by atoms with Gasteiger partial charge in [0.05, 0.1) is 0 Å². The Morgan fingerprint density at radius 1 is 1.00 bits per heavy atom. The van der Waals surface area contributed by atoms with E-state index in [-0.39, 0.29) is 12.8 Å². The van der Waals surface area contributed by atoms with Crippen LogP contribution in [0.5, 0.6) is 0 Å². The number of hydrogen-bond donors (Lipinski definition) is 4. The fourth-order valence-electron chi connectivity index (χ4n) is 3.43. The van der Waals surface area contributed by atoms with E-state index in [4.69, 9.17) is 4.74 Å². The standard InChI is InChI=1S/C22H20N2O5/c25-19(11-15-9-13-5-1-3-7-17(13)24-15)22(28)29-20(21(26)27)10-14-12-23-18-8-4-2-6-16(14)18/h1-9,12,19-20,23-25H,10-11H2,(H,26,27). The molecule has 4 aromatic rings. The molecular formula is C22H20N2O5. The number of hydrogen-bond acceptors (Lipinski definition) is 4. The van der Waals surface area contributed by atoms with Gasteiger partial charge in [0, 0.05) is 41.2 Å². The van der Waals surface area contributed by atoms with E-state index in [0.29, 0.717) is 5.69 Å². The number of rotatable bonds is 7. The molecule has 2 unspecified atom stereocenters. The molecule has 0 fully saturated rings. The highest BCUT2D eigenvalue weighted by molar-refractivity contribution is 5.85. The van der Waals surface area contributed by atoms with Crippen molar-refractivity contribution in [3.8, 4) is 0 Å². The quantitative estimate of drug-likeness (QED) is 0.361. The molecule has 0 amide bonds. The Kier molecular flexibility index (Phi) is 5.05. The number of aliphatic carboxylic acids is 1. The second-order valence-corrected chi connectivity index (χ2v) is 6.93. The highest BCUT2D eigenvalue weighted by Crippen LogP contribution is 2.21. The molecular weight excluding hydrogens is 372 g/mol. The fourth-order valence-corrected chi connectivity index (χ4v) is 3.43. The Labute approximate surface area is 165 Å². The van der Waals surface area contributed by atoms with Crippen molar-refractivity contribution in [3.63, 3.8) is 0 Å². The Morgan fingerprint density at radius 2 is 1.72 bits per heavy atom. The lowest BCUT2D eigenvalue weighted by molar-refractivity contribution is -0.170. The fraction of sp³-hybridized carbons (Fsp3) is 0.182. The maximum Gasteiger partial charge on any atom is 0.345 e. The minimum Gasteiger partial charge on any atom is -0.478 e. The van der Waals surface area contributed by atoms with Gasteiger partial charge in [-0.1, -0.05) is 36.4 Å². The first-order valence-corrected chi connectivity index (χ1v) is 9.24. The van der Waals surface area contributed by atoms with E-state index in [2.05, 4.69) is 9.97 Å². The SMILES string of the molecule is O=C(OC(Cc1c[nH]c2ccccc12)C(=O)O)C(O)Cc1cc2ccccc2[nH]1. The molecule has 148 valence electrons. The van der Waals surface area contributed by atoms with Crippen molar-refractivity contribution >= 4 is 33.7 Å². The van der Waals surface area contributed by atoms with Crippen molar-refractivity contribution < 1.29 is 24.5 Å². The largest absolute Gasteiger partial charge is 0.478 e. The van der Waals surface area contributed by atoms with E-state index < -0.39 is 24.1 Å². The number of carboxylic acids is 1. The lowest BCUT2D eigenvalue weighted by Gasteiger charge is -2.16. The van der Waals surface area contributed by atoms with Crippen LogP contribution in [-0.4, -0.2) is 44.3 Å². The van der Waals surface area contributed by atoms with Crippen LogP contribution in [0.25, 0.3) is 21.8 Å². The van der Waals surface area contributed by atoms with Crippen molar-refractivity contribution in [2.75, 3.05) is 0 Å². The van der Waals surface area contributed by atoms with Gasteiger partial charge in [-0.05, 0) is 29.1 Å². The lowest BCUT2D eigenvalue weighted by atomic mass is 10.1. The molecule has 2 atom stereocenters. The molecule has 4 N–H and O–H groups in total. The number of para-hydroxylation sites is 2. The van der Waals surface area contributed by atoms with Crippen LogP contribution in [0.15, 0.2) is 60.8 Å². The van der Waals surface area contributed by atoms with Gasteiger partial charge in [0.15, 0.2) is 6.10 Å². The number of H-pyrrole nitrogens is 2. The van der Waals surface area contributed by atoms with Crippen molar-refractivity contribution in [1.82, 2.24) is 9.97 Å². The molecule has 0 bridgehead atoms. The Bertz CT molecular complexity index is 1140. The van der Waals surface area contributed by atoms with Gasteiger partial charge in [0.1, 0.15) is 0 Å². The van der Waals surface area contributed by atoms with Crippen molar-refractivity contribution in [2.24, 2.45) is 0 Å². The summed E-state index contributed by atoms with van der Waals surface area (Å²) in [7, 11) is 0. The average Bonchev–Trinajstić information content (AvgIpc) is 3.30. The summed E-state index contributed by atoms with van der Waals surface area (Å²) in [5.41, 5.74) is 3.16. The molecule has 2 heterocycles. The summed E-state index contributed by atoms with van der Waals surface area (Å²) in [6.07, 6.45) is -1.14. The van der Waals surface area contributed by atoms with Crippen LogP contribution in [0.2, 0.25) is 0 Å². The van der Waals surface area contributed by atoms with Crippen LogP contribution < -0.4 is 0 Å². The molecule has 0 spiro atoms. The molecule has 0 radical (unpaired) electrons. The third-order valence-electron chi connectivity index (χ3n) is 4.89. The normalized spacial score (nSPS) is 13.4. The third-order valence-corrected chi connectivity index (χ3v) is 4.89. The van der Waals surface area contributed by atoms with Crippen LogP contribution in [0.1, 0.15) is 11.3 Å². The third kappa shape index (κ3) is 4.00. The topological polar surface area (TPSA) is 115 Å². The zero-order valence-electron chi connectivity index (χ0n) is 15.5. The molecule has 0 saturated carbocycles. The number of fused-ring (bicyclic) bond motifs is 2. The number of carbonyl (C=O) groups is 2. The molecule has 0 aliphatic rings. The summed E-state index contributed by atoms with van der Waals surface area (Å²) < 4.78 is 5.13. The van der Waals surface area contributed by atoms with E-state index in [1.807, 2.05) is 54.6 Å². The van der Waals surface area contributed by atoms with E-state index in [1.54, 1.807) is 6.20 Å². The maximum absolute atomic E-state index is 12.3. The lowest BCUT2D eigenvalue weighted by Crippen LogP contribution is -2.35. The Balaban J connectivity index is 1.44. The number of aromatic nitrogens is 2. The predicted molar refractivity (Wildman–Crippen MR) is 108 cm³/mol. The van der Waals surface area contributed by atoms with E-state index in [0.717, 1.165) is 27.4 Å². The van der Waals surface area contributed by atoms with Crippen LogP contribution >= 0.6 is 0 Å². The van der Waals surface area contributed by atoms with Gasteiger partial charge in [-0.3, -0.25) is 0 Å². The Morgan fingerprint density at radius 3 is 2.48 bits per heavy atom. The first-order valence-electron chi connectivity index (χ1n) is 9.24. The van der Waals surface area contributed by atoms with Gasteiger partial charge in [-0.2, -0.15) is 0 Å². The zero-order chi connectivity index (χ0) is 20.4. The van der Waals surface area contributed by atoms with Crippen LogP contribution in [0.3, 0.4) is 0 Å². The number of ether oxygens (including phenoxy) is 1. The number of carbonyl (C=O) groups excluding carboxylic acids is 1. The van der Waals surface area contributed by atoms with Gasteiger partial charge in [0.25, 0.3) is 0 Å². The van der Waals surface area contributed by atoms with Crippen molar-refractivity contribution in [2.45, 2.75) is 25.0 Å². The summed E-state index contributed by atoms with van der Waals surface area (Å²) >= 11 is 0. The summed E-state index contributed by atoms with van der Waals surface area (Å²) in [4.78, 5) is 30.1. The number of benzene rings is 2. The number of aliphatic hydroxyl groups excluding tert-OH is 1. The highest BCUT2D eigenvalue weighted by Gasteiger charge is 2.28. The first kappa shape index (κ1) is 18.8. The Hall–Kier alpha value is -3.58. The molecule has 0 saturated heterocycles. The number of aliphatic hydroxyl groups is 1. The van der Waals surface area contributed by atoms with Gasteiger partial charge < -0.3 is 24.9 Å². The number of esters is 1. The van der Waals surface area contributed by atoms with Crippen molar-refractivity contribution in [1.29, 1.82) is 0 Å². The smallest absolute Gasteiger partial charge is 0.345 e. The molecule has 29 heavy (non-hydrogen) atoms. The second kappa shape index (κ2) is 7.81. The minimum absolute atomic E-state index is 0.00416. The number of nitrogens with one attached hydrogen (secondary N) is 2. The number of carboxylic acid groups (broad SMARTS) is 1. The van der Waals surface area contributed by atoms with Gasteiger partial charge in [-0.15, -0.1) is 0 Å². The summed E-state index contributed by atoms with van der Waals surface area (Å²) in [5, 5.41) is 21.5. The average molecular weight is 392 g/mol. The van der Waals surface area contributed by atoms with Gasteiger partial charge in [-0.25, -0.2) is 9.59 Å². The molecule has 4 rings (SSSR count). The van der Waals surface area contributed by atoms with Gasteiger partial charge >= 0.3 is 11.9 Å². The van der Waals surface area contributed by atoms with Crippen LogP contribution in [0, 0.1) is 0 Å². The summed E-state index contributed by atoms with van der Waals surface area (Å²) in [6, 6.07) is 16.9. The van der Waals surface area contributed by atoms with E-state index in [9.17, 15) is 19.8 Å². The first-order chi connectivity index (χ1) is 14.0. The molecule has 0 aliphatic carbocycles. The van der Waals surface area contributed by atoms with Crippen molar-refractivity contribution in [3.05, 3.63) is 72.1 Å². The zero-order valence-corrected chi connectivity index (χ0v) is 15.5. The summed E-state index contributed by atoms with van der Waals surface area (Å²) in [6.45, 7) is 0. The van der Waals surface area contributed by atoms with Crippen LogP contribution in [-0.2, 0) is 27.2 Å². The molecule has 2 aromatic carbocycles. The predicted octanol–water partition coefficient (Wildman–Crippen LogP) is 2.79. The van der Waals surface area contributed by atoms with Gasteiger partial charge in [0.2, 0.25) is 6.10 Å².